The number of aromatic nitrogens is 4. The Bertz CT molecular complexity index is 1220. The van der Waals surface area contributed by atoms with E-state index in [0.29, 0.717) is 22.9 Å². The summed E-state index contributed by atoms with van der Waals surface area (Å²) in [6.07, 6.45) is -0.239. The molecule has 138 valence electrons. The minimum absolute atomic E-state index is 0. The van der Waals surface area contributed by atoms with Crippen LogP contribution in [0.15, 0.2) is 60.7 Å². The van der Waals surface area contributed by atoms with Gasteiger partial charge >= 0.3 is 51.4 Å². The zero-order chi connectivity index (χ0) is 19.1. The molecule has 0 unspecified atom stereocenters. The number of benzene rings is 3. The maximum atomic E-state index is 12.9. The van der Waals surface area contributed by atoms with Crippen LogP contribution in [0, 0.1) is 0 Å². The van der Waals surface area contributed by atoms with E-state index in [0.717, 1.165) is 16.3 Å². The molecule has 1 aliphatic heterocycles. The van der Waals surface area contributed by atoms with Crippen molar-refractivity contribution in [3.63, 3.8) is 0 Å². The van der Waals surface area contributed by atoms with Crippen molar-refractivity contribution >= 4 is 91.0 Å². The molecule has 0 saturated carbocycles. The average Bonchev–Trinajstić information content (AvgIpc) is 3.20. The number of amides is 2. The number of H-pyrrole nitrogens is 1. The SMILES string of the molecule is O=C1CC(=O)N(c2cccc(-c3nnn[nH]3)c2)c2ccc3ccccc3c2N1.[KH]. The summed E-state index contributed by atoms with van der Waals surface area (Å²) < 4.78 is 0. The van der Waals surface area contributed by atoms with Crippen molar-refractivity contribution in [3.05, 3.63) is 60.7 Å². The first-order chi connectivity index (χ1) is 13.7. The van der Waals surface area contributed by atoms with E-state index >= 15 is 0 Å². The molecule has 5 rings (SSSR count). The summed E-state index contributed by atoms with van der Waals surface area (Å²) in [5.41, 5.74) is 2.62. The number of carbonyl (C=O) groups is 2. The number of carbonyl (C=O) groups excluding carboxylic acids is 2. The van der Waals surface area contributed by atoms with E-state index in [1.807, 2.05) is 60.7 Å². The number of aromatic amines is 1. The first-order valence-corrected chi connectivity index (χ1v) is 8.69. The van der Waals surface area contributed by atoms with E-state index in [9.17, 15) is 9.59 Å². The van der Waals surface area contributed by atoms with Crippen LogP contribution in [0.1, 0.15) is 6.42 Å². The van der Waals surface area contributed by atoms with Gasteiger partial charge in [0.15, 0.2) is 5.82 Å². The first-order valence-electron chi connectivity index (χ1n) is 8.69. The Morgan fingerprint density at radius 1 is 0.966 bits per heavy atom. The second kappa shape index (κ2) is 8.13. The fourth-order valence-corrected chi connectivity index (χ4v) is 3.47. The van der Waals surface area contributed by atoms with Gasteiger partial charge in [0, 0.05) is 16.6 Å². The van der Waals surface area contributed by atoms with Crippen LogP contribution in [0.3, 0.4) is 0 Å². The molecule has 2 amide bonds. The van der Waals surface area contributed by atoms with Crippen molar-refractivity contribution in [2.24, 2.45) is 0 Å². The van der Waals surface area contributed by atoms with Crippen molar-refractivity contribution in [2.75, 3.05) is 10.2 Å². The minimum atomic E-state index is -0.333. The van der Waals surface area contributed by atoms with Gasteiger partial charge < -0.3 is 5.32 Å². The van der Waals surface area contributed by atoms with Gasteiger partial charge in [0.05, 0.1) is 11.4 Å². The number of nitrogens with zero attached hydrogens (tertiary/aromatic N) is 4. The fourth-order valence-electron chi connectivity index (χ4n) is 3.47. The van der Waals surface area contributed by atoms with Gasteiger partial charge in [-0.15, -0.1) is 5.10 Å². The molecule has 9 heteroatoms. The van der Waals surface area contributed by atoms with Gasteiger partial charge in [0.25, 0.3) is 0 Å². The van der Waals surface area contributed by atoms with Crippen LogP contribution in [-0.4, -0.2) is 83.8 Å². The summed E-state index contributed by atoms with van der Waals surface area (Å²) in [4.78, 5) is 26.8. The van der Waals surface area contributed by atoms with Crippen LogP contribution in [0.25, 0.3) is 22.2 Å². The van der Waals surface area contributed by atoms with Gasteiger partial charge in [-0.05, 0) is 34.0 Å². The van der Waals surface area contributed by atoms with Gasteiger partial charge in [-0.2, -0.15) is 0 Å². The molecule has 1 aromatic heterocycles. The summed E-state index contributed by atoms with van der Waals surface area (Å²) in [5.74, 6) is -0.142. The molecule has 2 N–H and O–H groups in total. The summed E-state index contributed by atoms with van der Waals surface area (Å²) in [5, 5.41) is 18.6. The van der Waals surface area contributed by atoms with E-state index in [1.54, 1.807) is 4.90 Å². The van der Waals surface area contributed by atoms with Crippen molar-refractivity contribution in [2.45, 2.75) is 6.42 Å². The summed E-state index contributed by atoms with van der Waals surface area (Å²) in [7, 11) is 0. The monoisotopic (exact) mass is 410 g/mol. The molecule has 3 aromatic carbocycles. The van der Waals surface area contributed by atoms with Crippen LogP contribution in [0.4, 0.5) is 17.1 Å². The first kappa shape index (κ1) is 19.9. The zero-order valence-corrected chi connectivity index (χ0v) is 14.6. The summed E-state index contributed by atoms with van der Waals surface area (Å²) in [6.45, 7) is 0. The van der Waals surface area contributed by atoms with Crippen molar-refractivity contribution in [3.8, 4) is 11.4 Å². The molecular weight excluding hydrogens is 395 g/mol. The normalized spacial score (nSPS) is 13.4. The Labute approximate surface area is 208 Å². The second-order valence-corrected chi connectivity index (χ2v) is 6.44. The number of hydrogen-bond donors (Lipinski definition) is 2. The molecule has 0 fully saturated rings. The summed E-state index contributed by atoms with van der Waals surface area (Å²) in [6, 6.07) is 18.8. The van der Waals surface area contributed by atoms with Crippen LogP contribution in [0.2, 0.25) is 0 Å². The number of tetrazole rings is 1. The van der Waals surface area contributed by atoms with E-state index in [2.05, 4.69) is 25.9 Å². The quantitative estimate of drug-likeness (QED) is 0.390. The fraction of sp³-hybridized carbons (Fsp3) is 0.0500. The van der Waals surface area contributed by atoms with Crippen molar-refractivity contribution < 1.29 is 9.59 Å². The van der Waals surface area contributed by atoms with Crippen LogP contribution in [-0.2, 0) is 9.59 Å². The molecule has 29 heavy (non-hydrogen) atoms. The Balaban J connectivity index is 0.00000205. The van der Waals surface area contributed by atoms with E-state index in [4.69, 9.17) is 0 Å². The van der Waals surface area contributed by atoms with Gasteiger partial charge in [-0.1, -0.05) is 42.5 Å². The molecule has 0 radical (unpaired) electrons. The zero-order valence-electron chi connectivity index (χ0n) is 14.6. The summed E-state index contributed by atoms with van der Waals surface area (Å²) >= 11 is 0. The number of fused-ring (bicyclic) bond motifs is 3. The molecule has 8 nitrogen and oxygen atoms in total. The van der Waals surface area contributed by atoms with E-state index in [-0.39, 0.29) is 69.6 Å². The van der Waals surface area contributed by atoms with E-state index in [1.165, 1.54) is 0 Å². The average molecular weight is 410 g/mol. The predicted molar refractivity (Wildman–Crippen MR) is 111 cm³/mol. The van der Waals surface area contributed by atoms with Crippen LogP contribution in [0.5, 0.6) is 0 Å². The van der Waals surface area contributed by atoms with Gasteiger partial charge in [-0.25, -0.2) is 5.10 Å². The van der Waals surface area contributed by atoms with Crippen LogP contribution >= 0.6 is 0 Å². The Kier molecular flexibility index (Phi) is 5.57. The number of anilines is 3. The number of nitrogens with one attached hydrogen (secondary N) is 2. The third-order valence-corrected chi connectivity index (χ3v) is 4.70. The standard InChI is InChI=1S/C20H14N6O2.K.H/c27-17-11-18(28)26(14-6-3-5-13(10-14)20-22-24-25-23-20)16-9-8-12-4-1-2-7-15(12)19(16)21-17;;/h1-10H,11H2,(H,21,27)(H,22,23,24,25);;. The molecule has 0 bridgehead atoms. The van der Waals surface area contributed by atoms with Crippen molar-refractivity contribution in [1.29, 1.82) is 0 Å². The Morgan fingerprint density at radius 2 is 1.83 bits per heavy atom. The topological polar surface area (TPSA) is 104 Å². The van der Waals surface area contributed by atoms with Gasteiger partial charge in [0.2, 0.25) is 11.8 Å². The molecule has 0 saturated heterocycles. The van der Waals surface area contributed by atoms with Crippen LogP contribution < -0.4 is 10.2 Å². The number of rotatable bonds is 2. The molecule has 0 atom stereocenters. The van der Waals surface area contributed by atoms with E-state index < -0.39 is 0 Å². The van der Waals surface area contributed by atoms with Gasteiger partial charge in [0.1, 0.15) is 6.42 Å². The molecular formula is C20H15KN6O2. The van der Waals surface area contributed by atoms with Gasteiger partial charge in [-0.3, -0.25) is 14.5 Å². The Hall–Kier alpha value is -2.43. The third kappa shape index (κ3) is 3.63. The second-order valence-electron chi connectivity index (χ2n) is 6.44. The molecule has 4 aromatic rings. The molecule has 2 heterocycles. The third-order valence-electron chi connectivity index (χ3n) is 4.70. The Morgan fingerprint density at radius 3 is 2.66 bits per heavy atom. The molecule has 0 spiro atoms. The molecule has 1 aliphatic rings. The van der Waals surface area contributed by atoms with Crippen molar-refractivity contribution in [1.82, 2.24) is 20.6 Å². The molecule has 0 aliphatic carbocycles. The number of hydrogen-bond acceptors (Lipinski definition) is 5. The predicted octanol–water partition coefficient (Wildman–Crippen LogP) is 2.38. The maximum absolute atomic E-state index is 12.9.